The van der Waals surface area contributed by atoms with E-state index in [0.29, 0.717) is 0 Å². The Kier molecular flexibility index (Phi) is 4.83. The van der Waals surface area contributed by atoms with Gasteiger partial charge in [0.1, 0.15) is 5.82 Å². The third-order valence-corrected chi connectivity index (χ3v) is 2.60. The van der Waals surface area contributed by atoms with Gasteiger partial charge in [-0.05, 0) is 35.0 Å². The minimum absolute atomic E-state index is 0.839. The first-order valence-electron chi connectivity index (χ1n) is 5.67. The third-order valence-electron chi connectivity index (χ3n) is 2.60. The number of nitrogens with one attached hydrogen (secondary N) is 1. The van der Waals surface area contributed by atoms with Crippen molar-refractivity contribution in [3.05, 3.63) is 22.8 Å². The molecule has 0 saturated heterocycles. The van der Waals surface area contributed by atoms with E-state index in [1.54, 1.807) is 0 Å². The largest absolute Gasteiger partial charge is 0.316 e. The number of hydrogen-bond acceptors (Lipinski definition) is 4. The zero-order valence-electron chi connectivity index (χ0n) is 11.0. The molecule has 0 atom stereocenters. The summed E-state index contributed by atoms with van der Waals surface area (Å²) < 4.78 is 0. The van der Waals surface area contributed by atoms with E-state index >= 15 is 0 Å². The van der Waals surface area contributed by atoms with Gasteiger partial charge in [0.15, 0.2) is 0 Å². The molecule has 16 heavy (non-hydrogen) atoms. The Balaban J connectivity index is 2.82. The molecule has 0 aliphatic carbocycles. The van der Waals surface area contributed by atoms with Crippen LogP contribution < -0.4 is 5.32 Å². The van der Waals surface area contributed by atoms with Gasteiger partial charge in [0.25, 0.3) is 0 Å². The average Bonchev–Trinajstić information content (AvgIpc) is 2.20. The molecule has 1 N–H and O–H groups in total. The molecule has 1 rings (SSSR count). The highest BCUT2D eigenvalue weighted by atomic mass is 15.1. The van der Waals surface area contributed by atoms with Crippen molar-refractivity contribution in [2.24, 2.45) is 0 Å². The maximum atomic E-state index is 4.55. The summed E-state index contributed by atoms with van der Waals surface area (Å²) in [4.78, 5) is 11.2. The molecule has 0 aliphatic rings. The van der Waals surface area contributed by atoms with Gasteiger partial charge >= 0.3 is 0 Å². The van der Waals surface area contributed by atoms with Crippen molar-refractivity contribution in [1.29, 1.82) is 0 Å². The molecule has 0 spiro atoms. The van der Waals surface area contributed by atoms with Gasteiger partial charge in [0, 0.05) is 36.5 Å². The van der Waals surface area contributed by atoms with Gasteiger partial charge in [0.2, 0.25) is 0 Å². The number of likely N-dealkylation sites (N-methyl/N-ethyl adjacent to an activating group) is 1. The highest BCUT2D eigenvalue weighted by Crippen LogP contribution is 2.10. The van der Waals surface area contributed by atoms with Crippen LogP contribution in [0.2, 0.25) is 0 Å². The molecule has 90 valence electrons. The van der Waals surface area contributed by atoms with Crippen molar-refractivity contribution in [2.75, 3.05) is 27.7 Å². The van der Waals surface area contributed by atoms with Crippen LogP contribution in [0.1, 0.15) is 22.8 Å². The molecule has 1 aromatic rings. The number of aromatic nitrogens is 2. The predicted molar refractivity (Wildman–Crippen MR) is 66.5 cm³/mol. The summed E-state index contributed by atoms with van der Waals surface area (Å²) in [7, 11) is 6.07. The molecular formula is C12H22N4. The fourth-order valence-electron chi connectivity index (χ4n) is 1.68. The predicted octanol–water partition coefficient (Wildman–Crippen LogP) is 0.917. The lowest BCUT2D eigenvalue weighted by atomic mass is 10.1. The standard InChI is InChI=1S/C12H22N4/c1-9-11(8-13-3)10(2)15-12(14-9)6-7-16(4)5/h13H,6-8H2,1-5H3. The average molecular weight is 222 g/mol. The third kappa shape index (κ3) is 3.54. The fraction of sp³-hybridized carbons (Fsp3) is 0.667. The molecule has 0 bridgehead atoms. The van der Waals surface area contributed by atoms with Crippen molar-refractivity contribution >= 4 is 0 Å². The van der Waals surface area contributed by atoms with Gasteiger partial charge in [-0.1, -0.05) is 0 Å². The smallest absolute Gasteiger partial charge is 0.130 e. The van der Waals surface area contributed by atoms with Gasteiger partial charge in [-0.15, -0.1) is 0 Å². The molecule has 4 heteroatoms. The molecule has 0 saturated carbocycles. The first-order valence-corrected chi connectivity index (χ1v) is 5.67. The van der Waals surface area contributed by atoms with Crippen LogP contribution in [0.4, 0.5) is 0 Å². The molecule has 1 heterocycles. The number of nitrogens with zero attached hydrogens (tertiary/aromatic N) is 3. The number of aryl methyl sites for hydroxylation is 2. The molecule has 1 aromatic heterocycles. The van der Waals surface area contributed by atoms with Crippen LogP contribution in [0, 0.1) is 13.8 Å². The number of rotatable bonds is 5. The summed E-state index contributed by atoms with van der Waals surface area (Å²) in [6, 6.07) is 0. The maximum Gasteiger partial charge on any atom is 0.130 e. The zero-order valence-corrected chi connectivity index (χ0v) is 11.0. The molecule has 0 fully saturated rings. The van der Waals surface area contributed by atoms with Crippen LogP contribution in [0.5, 0.6) is 0 Å². The molecule has 0 radical (unpaired) electrons. The summed E-state index contributed by atoms with van der Waals surface area (Å²) in [6.45, 7) is 5.94. The summed E-state index contributed by atoms with van der Waals surface area (Å²) >= 11 is 0. The van der Waals surface area contributed by atoms with Crippen molar-refractivity contribution in [3.63, 3.8) is 0 Å². The van der Waals surface area contributed by atoms with Crippen LogP contribution >= 0.6 is 0 Å². The lowest BCUT2D eigenvalue weighted by Gasteiger charge is -2.12. The van der Waals surface area contributed by atoms with Crippen molar-refractivity contribution in [2.45, 2.75) is 26.8 Å². The van der Waals surface area contributed by atoms with E-state index in [-0.39, 0.29) is 0 Å². The van der Waals surface area contributed by atoms with Gasteiger partial charge < -0.3 is 10.2 Å². The molecule has 0 unspecified atom stereocenters. The van der Waals surface area contributed by atoms with E-state index < -0.39 is 0 Å². The van der Waals surface area contributed by atoms with Crippen LogP contribution in [0.15, 0.2) is 0 Å². The van der Waals surface area contributed by atoms with Crippen molar-refractivity contribution in [1.82, 2.24) is 20.2 Å². The maximum absolute atomic E-state index is 4.55. The minimum Gasteiger partial charge on any atom is -0.316 e. The normalized spacial score (nSPS) is 11.1. The lowest BCUT2D eigenvalue weighted by molar-refractivity contribution is 0.409. The molecule has 0 aromatic carbocycles. The Morgan fingerprint density at radius 3 is 2.12 bits per heavy atom. The van der Waals surface area contributed by atoms with E-state index in [2.05, 4.69) is 48.1 Å². The van der Waals surface area contributed by atoms with Crippen molar-refractivity contribution < 1.29 is 0 Å². The van der Waals surface area contributed by atoms with E-state index in [4.69, 9.17) is 0 Å². The second-order valence-electron chi connectivity index (χ2n) is 4.37. The van der Waals surface area contributed by atoms with Crippen molar-refractivity contribution in [3.8, 4) is 0 Å². The second kappa shape index (κ2) is 5.92. The SMILES string of the molecule is CNCc1c(C)nc(CCN(C)C)nc1C. The molecule has 0 amide bonds. The Bertz CT molecular complexity index is 324. The first kappa shape index (κ1) is 13.1. The van der Waals surface area contributed by atoms with E-state index in [1.807, 2.05) is 7.05 Å². The Labute approximate surface area is 98.1 Å². The molecular weight excluding hydrogens is 200 g/mol. The molecule has 4 nitrogen and oxygen atoms in total. The topological polar surface area (TPSA) is 41.1 Å². The quantitative estimate of drug-likeness (QED) is 0.804. The second-order valence-corrected chi connectivity index (χ2v) is 4.37. The van der Waals surface area contributed by atoms with Gasteiger partial charge in [0.05, 0.1) is 0 Å². The highest BCUT2D eigenvalue weighted by Gasteiger charge is 2.07. The van der Waals surface area contributed by atoms with E-state index in [9.17, 15) is 0 Å². The lowest BCUT2D eigenvalue weighted by Crippen LogP contribution is -2.18. The van der Waals surface area contributed by atoms with Crippen LogP contribution in [0.25, 0.3) is 0 Å². The summed E-state index contributed by atoms with van der Waals surface area (Å²) in [5, 5.41) is 3.15. The van der Waals surface area contributed by atoms with Crippen LogP contribution in [-0.2, 0) is 13.0 Å². The van der Waals surface area contributed by atoms with E-state index in [1.165, 1.54) is 5.56 Å². The Morgan fingerprint density at radius 1 is 1.12 bits per heavy atom. The molecule has 0 aliphatic heterocycles. The first-order chi connectivity index (χ1) is 7.54. The number of hydrogen-bond donors (Lipinski definition) is 1. The van der Waals surface area contributed by atoms with Gasteiger partial charge in [-0.3, -0.25) is 0 Å². The Morgan fingerprint density at radius 2 is 1.69 bits per heavy atom. The Hall–Kier alpha value is -1.00. The highest BCUT2D eigenvalue weighted by molar-refractivity contribution is 5.24. The van der Waals surface area contributed by atoms with Gasteiger partial charge in [-0.25, -0.2) is 9.97 Å². The van der Waals surface area contributed by atoms with Crippen LogP contribution in [-0.4, -0.2) is 42.6 Å². The van der Waals surface area contributed by atoms with E-state index in [0.717, 1.165) is 36.7 Å². The van der Waals surface area contributed by atoms with Gasteiger partial charge in [-0.2, -0.15) is 0 Å². The fourth-order valence-corrected chi connectivity index (χ4v) is 1.68. The van der Waals surface area contributed by atoms with Crippen LogP contribution in [0.3, 0.4) is 0 Å². The summed E-state index contributed by atoms with van der Waals surface area (Å²) in [5.74, 6) is 0.948. The summed E-state index contributed by atoms with van der Waals surface area (Å²) in [5.41, 5.74) is 3.40. The monoisotopic (exact) mass is 222 g/mol. The zero-order chi connectivity index (χ0) is 12.1. The minimum atomic E-state index is 0.839. The summed E-state index contributed by atoms with van der Waals surface area (Å²) in [6.07, 6.45) is 0.911.